The minimum atomic E-state index is 0.973. The molecule has 0 atom stereocenters. The molecule has 38 heavy (non-hydrogen) atoms. The van der Waals surface area contributed by atoms with Crippen LogP contribution < -0.4 is 10.6 Å². The molecule has 1 aliphatic rings. The van der Waals surface area contributed by atoms with Crippen LogP contribution in [0.5, 0.6) is 0 Å². The maximum atomic E-state index is 5.03. The van der Waals surface area contributed by atoms with Crippen molar-refractivity contribution in [3.8, 4) is 11.3 Å². The summed E-state index contributed by atoms with van der Waals surface area (Å²) in [6.45, 7) is 14.6. The molecule has 0 aliphatic carbocycles. The third kappa shape index (κ3) is 7.03. The highest BCUT2D eigenvalue weighted by atomic mass is 32.2. The van der Waals surface area contributed by atoms with Crippen molar-refractivity contribution in [3.63, 3.8) is 0 Å². The molecule has 2 aromatic heterocycles. The van der Waals surface area contributed by atoms with Gasteiger partial charge in [-0.3, -0.25) is 9.97 Å². The van der Waals surface area contributed by atoms with Gasteiger partial charge >= 0.3 is 0 Å². The van der Waals surface area contributed by atoms with Crippen LogP contribution in [0.4, 0.5) is 5.69 Å². The Labute approximate surface area is 232 Å². The normalized spacial score (nSPS) is 12.2. The first-order chi connectivity index (χ1) is 18.5. The summed E-state index contributed by atoms with van der Waals surface area (Å²) < 4.78 is 0. The second-order valence-electron chi connectivity index (χ2n) is 9.97. The predicted molar refractivity (Wildman–Crippen MR) is 165 cm³/mol. The molecule has 0 saturated heterocycles. The molecule has 5 rings (SSSR count). The third-order valence-corrected chi connectivity index (χ3v) is 7.50. The van der Waals surface area contributed by atoms with E-state index in [0.717, 1.165) is 71.7 Å². The molecular weight excluding hydrogens is 484 g/mol. The van der Waals surface area contributed by atoms with Crippen LogP contribution in [-0.2, 0) is 12.8 Å². The second kappa shape index (κ2) is 13.6. The van der Waals surface area contributed by atoms with Gasteiger partial charge in [0.25, 0.3) is 0 Å². The van der Waals surface area contributed by atoms with Crippen molar-refractivity contribution in [2.24, 2.45) is 0 Å². The van der Waals surface area contributed by atoms with Crippen LogP contribution in [0.1, 0.15) is 55.5 Å². The quantitative estimate of drug-likeness (QED) is 0.215. The Bertz CT molecular complexity index is 1400. The highest BCUT2D eigenvalue weighted by Crippen LogP contribution is 2.44. The summed E-state index contributed by atoms with van der Waals surface area (Å²) in [4.78, 5) is 11.0. The van der Waals surface area contributed by atoms with Crippen LogP contribution in [0.2, 0.25) is 0 Å². The largest absolute Gasteiger partial charge is 0.349 e. The molecule has 0 bridgehead atoms. The first-order valence-electron chi connectivity index (χ1n) is 13.8. The summed E-state index contributed by atoms with van der Waals surface area (Å²) in [6, 6.07) is 19.3. The average molecular weight is 525 g/mol. The molecule has 0 spiro atoms. The number of hydrogen-bond acceptors (Lipinski definition) is 5. The van der Waals surface area contributed by atoms with E-state index in [2.05, 4.69) is 98.4 Å². The van der Waals surface area contributed by atoms with E-state index >= 15 is 0 Å². The van der Waals surface area contributed by atoms with Gasteiger partial charge < -0.3 is 10.6 Å². The fourth-order valence-electron chi connectivity index (χ4n) is 4.65. The number of pyridine rings is 2. The molecule has 4 aromatic rings. The second-order valence-corrected chi connectivity index (χ2v) is 11.1. The van der Waals surface area contributed by atoms with Crippen molar-refractivity contribution >= 4 is 28.4 Å². The fourth-order valence-corrected chi connectivity index (χ4v) is 5.66. The summed E-state index contributed by atoms with van der Waals surface area (Å²) in [5.74, 6) is 0. The zero-order valence-electron chi connectivity index (χ0n) is 23.2. The van der Waals surface area contributed by atoms with E-state index in [9.17, 15) is 0 Å². The SMILES string of the molecule is C=C1Nc2c(C)ccc(CCNCCCCc3cc4cccnc4c(-c4cccc(C)c4)n3)c2S1.CCC. The van der Waals surface area contributed by atoms with Gasteiger partial charge in [-0.05, 0) is 81.9 Å². The Hall–Kier alpha value is -3.15. The molecule has 0 unspecified atom stereocenters. The molecule has 4 nitrogen and oxygen atoms in total. The molecule has 2 N–H and O–H groups in total. The number of nitrogens with zero attached hydrogens (tertiary/aromatic N) is 2. The Morgan fingerprint density at radius 2 is 1.79 bits per heavy atom. The molecule has 2 aromatic carbocycles. The Morgan fingerprint density at radius 3 is 2.61 bits per heavy atom. The topological polar surface area (TPSA) is 49.8 Å². The number of rotatable bonds is 9. The number of aryl methyl sites for hydroxylation is 3. The Balaban J connectivity index is 0.00000107. The van der Waals surface area contributed by atoms with Crippen molar-refractivity contribution in [2.45, 2.75) is 64.7 Å². The van der Waals surface area contributed by atoms with Gasteiger partial charge in [-0.1, -0.05) is 80.6 Å². The van der Waals surface area contributed by atoms with Crippen LogP contribution in [0.3, 0.4) is 0 Å². The Kier molecular flexibility index (Phi) is 9.97. The van der Waals surface area contributed by atoms with Crippen molar-refractivity contribution in [1.82, 2.24) is 15.3 Å². The number of unbranched alkanes of at least 4 members (excludes halogenated alkanes) is 1. The number of aromatic nitrogens is 2. The van der Waals surface area contributed by atoms with Gasteiger partial charge in [0.15, 0.2) is 0 Å². The fraction of sp³-hybridized carbons (Fsp3) is 0.333. The van der Waals surface area contributed by atoms with Crippen LogP contribution in [0, 0.1) is 13.8 Å². The molecule has 0 fully saturated rings. The number of benzene rings is 2. The highest BCUT2D eigenvalue weighted by molar-refractivity contribution is 8.03. The average Bonchev–Trinajstić information content (AvgIpc) is 3.32. The zero-order valence-corrected chi connectivity index (χ0v) is 24.0. The first-order valence-corrected chi connectivity index (χ1v) is 14.6. The van der Waals surface area contributed by atoms with E-state index in [0.29, 0.717) is 0 Å². The lowest BCUT2D eigenvalue weighted by Gasteiger charge is -2.11. The first kappa shape index (κ1) is 27.9. The lowest BCUT2D eigenvalue weighted by atomic mass is 10.0. The monoisotopic (exact) mass is 524 g/mol. The van der Waals surface area contributed by atoms with Gasteiger partial charge in [-0.25, -0.2) is 0 Å². The smallest absolute Gasteiger partial charge is 0.0967 e. The van der Waals surface area contributed by atoms with Crippen LogP contribution in [0.15, 0.2) is 77.3 Å². The number of thioether (sulfide) groups is 1. The number of hydrogen-bond donors (Lipinski definition) is 2. The van der Waals surface area contributed by atoms with Crippen molar-refractivity contribution in [1.29, 1.82) is 0 Å². The molecule has 3 heterocycles. The standard InChI is InChI=1S/C30H32N4S.C3H8/c1-20-8-6-9-24(18-20)29-28-25(10-7-16-32-28)19-26(34-29)11-4-5-15-31-17-14-23-13-12-21(2)27-30(23)35-22(3)33-27;1-3-2/h6-10,12-13,16,18-19,31,33H,3-5,11,14-15,17H2,1-2H3;3H2,1-2H3. The van der Waals surface area contributed by atoms with Gasteiger partial charge in [-0.15, -0.1) is 0 Å². The third-order valence-electron chi connectivity index (χ3n) is 6.48. The molecule has 1 aliphatic heterocycles. The summed E-state index contributed by atoms with van der Waals surface area (Å²) in [6.07, 6.45) is 7.35. The van der Waals surface area contributed by atoms with Crippen LogP contribution in [0.25, 0.3) is 22.2 Å². The number of nitrogens with one attached hydrogen (secondary N) is 2. The minimum Gasteiger partial charge on any atom is -0.349 e. The minimum absolute atomic E-state index is 0.973. The van der Waals surface area contributed by atoms with E-state index in [1.54, 1.807) is 11.8 Å². The highest BCUT2D eigenvalue weighted by Gasteiger charge is 2.19. The van der Waals surface area contributed by atoms with E-state index in [1.807, 2.05) is 12.3 Å². The van der Waals surface area contributed by atoms with Crippen molar-refractivity contribution < 1.29 is 0 Å². The number of fused-ring (bicyclic) bond motifs is 2. The van der Waals surface area contributed by atoms with Crippen LogP contribution >= 0.6 is 11.8 Å². The molecule has 198 valence electrons. The summed E-state index contributed by atoms with van der Waals surface area (Å²) in [5.41, 5.74) is 9.39. The van der Waals surface area contributed by atoms with Gasteiger partial charge in [0.1, 0.15) is 0 Å². The molecule has 0 radical (unpaired) electrons. The summed E-state index contributed by atoms with van der Waals surface area (Å²) in [5, 5.41) is 9.21. The summed E-state index contributed by atoms with van der Waals surface area (Å²) >= 11 is 1.76. The zero-order chi connectivity index (χ0) is 26.9. The van der Waals surface area contributed by atoms with Crippen molar-refractivity contribution in [2.75, 3.05) is 18.4 Å². The molecular formula is C33H40N4S. The van der Waals surface area contributed by atoms with Gasteiger partial charge in [0.2, 0.25) is 0 Å². The molecule has 5 heteroatoms. The van der Waals surface area contributed by atoms with Gasteiger partial charge in [0.05, 0.1) is 21.9 Å². The predicted octanol–water partition coefficient (Wildman–Crippen LogP) is 8.47. The lowest BCUT2D eigenvalue weighted by molar-refractivity contribution is 0.618. The van der Waals surface area contributed by atoms with E-state index < -0.39 is 0 Å². The van der Waals surface area contributed by atoms with Crippen LogP contribution in [-0.4, -0.2) is 23.1 Å². The Morgan fingerprint density at radius 1 is 0.947 bits per heavy atom. The maximum absolute atomic E-state index is 5.03. The van der Waals surface area contributed by atoms with E-state index in [4.69, 9.17) is 4.98 Å². The van der Waals surface area contributed by atoms with E-state index in [1.165, 1.54) is 33.7 Å². The van der Waals surface area contributed by atoms with E-state index in [-0.39, 0.29) is 0 Å². The summed E-state index contributed by atoms with van der Waals surface area (Å²) in [7, 11) is 0. The van der Waals surface area contributed by atoms with Crippen molar-refractivity contribution in [3.05, 3.63) is 94.8 Å². The molecule has 0 amide bonds. The number of anilines is 1. The molecule has 0 saturated carbocycles. The van der Waals surface area contributed by atoms with Gasteiger partial charge in [0, 0.05) is 27.7 Å². The lowest BCUT2D eigenvalue weighted by Crippen LogP contribution is -2.19. The maximum Gasteiger partial charge on any atom is 0.0967 e. The van der Waals surface area contributed by atoms with Gasteiger partial charge in [-0.2, -0.15) is 0 Å².